The van der Waals surface area contributed by atoms with E-state index in [0.29, 0.717) is 0 Å². The lowest BCUT2D eigenvalue weighted by molar-refractivity contribution is 1.20. The summed E-state index contributed by atoms with van der Waals surface area (Å²) < 4.78 is 4.94. The summed E-state index contributed by atoms with van der Waals surface area (Å²) in [6.45, 7) is 0. The minimum absolute atomic E-state index is 0. The van der Waals surface area contributed by atoms with E-state index in [1.54, 1.807) is 0 Å². The molecule has 0 unspecified atom stereocenters. The molecule has 0 fully saturated rings. The summed E-state index contributed by atoms with van der Waals surface area (Å²) >= 11 is 1.43. The van der Waals surface area contributed by atoms with Crippen LogP contribution in [0.5, 0.6) is 0 Å². The van der Waals surface area contributed by atoms with Crippen LogP contribution >= 0.6 is 11.5 Å². The highest BCUT2D eigenvalue weighted by molar-refractivity contribution is 7.12. The maximum Gasteiger partial charge on any atom is 0.105 e. The summed E-state index contributed by atoms with van der Waals surface area (Å²) in [5, 5.41) is 3.89. The molecular weight excluding hydrogens is 154 g/mol. The molecule has 0 aliphatic rings. The van der Waals surface area contributed by atoms with Crippen molar-refractivity contribution < 1.29 is 0 Å². The molecule has 0 N–H and O–H groups in total. The second-order valence-electron chi connectivity index (χ2n) is 1.74. The lowest BCUT2D eigenvalue weighted by Crippen LogP contribution is -1.63. The zero-order valence-electron chi connectivity index (χ0n) is 5.77. The SMILES string of the molecule is [B].[B].c1ccc2snnc2c1. The Labute approximate surface area is 72.9 Å². The Morgan fingerprint density at radius 3 is 2.55 bits per heavy atom. The summed E-state index contributed by atoms with van der Waals surface area (Å²) in [5.74, 6) is 0. The van der Waals surface area contributed by atoms with E-state index in [1.165, 1.54) is 11.5 Å². The van der Waals surface area contributed by atoms with Gasteiger partial charge in [-0.15, -0.1) is 5.10 Å². The van der Waals surface area contributed by atoms with E-state index in [2.05, 4.69) is 9.59 Å². The Balaban J connectivity index is 0.000000500. The molecule has 0 amide bonds. The number of fused-ring (bicyclic) bond motifs is 1. The van der Waals surface area contributed by atoms with Gasteiger partial charge in [0.2, 0.25) is 0 Å². The molecule has 2 aromatic rings. The van der Waals surface area contributed by atoms with E-state index in [4.69, 9.17) is 0 Å². The fourth-order valence-electron chi connectivity index (χ4n) is 0.725. The number of hydrogen-bond donors (Lipinski definition) is 0. The predicted molar refractivity (Wildman–Crippen MR) is 48.9 cm³/mol. The molecule has 0 saturated heterocycles. The van der Waals surface area contributed by atoms with Gasteiger partial charge in [-0.2, -0.15) is 0 Å². The Kier molecular flexibility index (Phi) is 3.82. The van der Waals surface area contributed by atoms with Gasteiger partial charge in [0.1, 0.15) is 5.52 Å². The van der Waals surface area contributed by atoms with Crippen LogP contribution in [-0.2, 0) is 0 Å². The van der Waals surface area contributed by atoms with Crippen molar-refractivity contribution in [3.05, 3.63) is 24.3 Å². The molecule has 0 aliphatic carbocycles. The van der Waals surface area contributed by atoms with E-state index < -0.39 is 0 Å². The summed E-state index contributed by atoms with van der Waals surface area (Å²) in [4.78, 5) is 0. The lowest BCUT2D eigenvalue weighted by atomic mass is 10.3. The fraction of sp³-hybridized carbons (Fsp3) is 0. The van der Waals surface area contributed by atoms with Crippen molar-refractivity contribution in [2.75, 3.05) is 0 Å². The maximum atomic E-state index is 3.89. The standard InChI is InChI=1S/C6H4N2S.2B/c1-2-4-6-5(3-1)7-8-9-6;;/h1-4H;;. The van der Waals surface area contributed by atoms with Gasteiger partial charge in [0, 0.05) is 16.8 Å². The topological polar surface area (TPSA) is 25.8 Å². The predicted octanol–water partition coefficient (Wildman–Crippen LogP) is 0.930. The van der Waals surface area contributed by atoms with Gasteiger partial charge in [0.25, 0.3) is 0 Å². The van der Waals surface area contributed by atoms with E-state index in [-0.39, 0.29) is 16.8 Å². The van der Waals surface area contributed by atoms with Gasteiger partial charge in [-0.3, -0.25) is 0 Å². The van der Waals surface area contributed by atoms with Crippen molar-refractivity contribution in [3.8, 4) is 0 Å². The first-order valence-electron chi connectivity index (χ1n) is 2.64. The number of rotatable bonds is 0. The summed E-state index contributed by atoms with van der Waals surface area (Å²) in [5.41, 5.74) is 0.988. The molecule has 50 valence electrons. The van der Waals surface area contributed by atoms with Crippen LogP contribution in [0.15, 0.2) is 24.3 Å². The zero-order chi connectivity index (χ0) is 6.10. The molecule has 2 rings (SSSR count). The average molecular weight is 158 g/mol. The molecule has 0 saturated carbocycles. The largest absolute Gasteiger partial charge is 0.138 e. The molecule has 2 nitrogen and oxygen atoms in total. The first kappa shape index (κ1) is 10.2. The number of hydrogen-bond acceptors (Lipinski definition) is 3. The fourth-order valence-corrected chi connectivity index (χ4v) is 1.28. The molecule has 0 spiro atoms. The molecule has 0 atom stereocenters. The third kappa shape index (κ3) is 1.80. The minimum atomic E-state index is 0. The van der Waals surface area contributed by atoms with Crippen LogP contribution in [-0.4, -0.2) is 26.4 Å². The highest BCUT2D eigenvalue weighted by Crippen LogP contribution is 2.12. The normalized spacial score (nSPS) is 8.36. The molecule has 11 heavy (non-hydrogen) atoms. The van der Waals surface area contributed by atoms with Gasteiger partial charge in [0.15, 0.2) is 0 Å². The van der Waals surface area contributed by atoms with Crippen molar-refractivity contribution >= 4 is 38.6 Å². The van der Waals surface area contributed by atoms with Crippen molar-refractivity contribution in [2.24, 2.45) is 0 Å². The quantitative estimate of drug-likeness (QED) is 0.532. The molecule has 1 heterocycles. The van der Waals surface area contributed by atoms with Crippen LogP contribution in [0.3, 0.4) is 0 Å². The lowest BCUT2D eigenvalue weighted by Gasteiger charge is -1.78. The van der Waals surface area contributed by atoms with Crippen LogP contribution in [0, 0.1) is 0 Å². The van der Waals surface area contributed by atoms with Crippen molar-refractivity contribution in [1.29, 1.82) is 0 Å². The van der Waals surface area contributed by atoms with Crippen LogP contribution in [0.2, 0.25) is 0 Å². The molecule has 6 radical (unpaired) electrons. The third-order valence-electron chi connectivity index (χ3n) is 1.15. The maximum absolute atomic E-state index is 3.89. The van der Waals surface area contributed by atoms with Crippen LogP contribution in [0.1, 0.15) is 0 Å². The van der Waals surface area contributed by atoms with Crippen LogP contribution in [0.4, 0.5) is 0 Å². The number of nitrogens with zero attached hydrogens (tertiary/aromatic N) is 2. The molecule has 0 bridgehead atoms. The second-order valence-corrected chi connectivity index (χ2v) is 2.53. The van der Waals surface area contributed by atoms with Gasteiger partial charge in [-0.25, -0.2) is 0 Å². The van der Waals surface area contributed by atoms with Crippen molar-refractivity contribution in [1.82, 2.24) is 9.59 Å². The van der Waals surface area contributed by atoms with E-state index >= 15 is 0 Å². The zero-order valence-corrected chi connectivity index (χ0v) is 6.58. The van der Waals surface area contributed by atoms with E-state index in [0.717, 1.165) is 10.2 Å². The minimum Gasteiger partial charge on any atom is -0.138 e. The molecular formula is C6H4B2N2S. The monoisotopic (exact) mass is 158 g/mol. The van der Waals surface area contributed by atoms with Gasteiger partial charge in [-0.05, 0) is 23.7 Å². The van der Waals surface area contributed by atoms with Crippen LogP contribution < -0.4 is 0 Å². The third-order valence-corrected chi connectivity index (χ3v) is 1.86. The molecule has 5 heteroatoms. The molecule has 0 aliphatic heterocycles. The van der Waals surface area contributed by atoms with E-state index in [1.807, 2.05) is 24.3 Å². The van der Waals surface area contributed by atoms with Crippen molar-refractivity contribution in [3.63, 3.8) is 0 Å². The number of benzene rings is 1. The summed E-state index contributed by atoms with van der Waals surface area (Å²) in [6.07, 6.45) is 0. The first-order valence-corrected chi connectivity index (χ1v) is 3.41. The highest BCUT2D eigenvalue weighted by atomic mass is 32.1. The Morgan fingerprint density at radius 1 is 1.09 bits per heavy atom. The highest BCUT2D eigenvalue weighted by Gasteiger charge is 1.91. The Bertz CT molecular complexity index is 293. The Morgan fingerprint density at radius 2 is 1.82 bits per heavy atom. The van der Waals surface area contributed by atoms with Crippen molar-refractivity contribution in [2.45, 2.75) is 0 Å². The first-order chi connectivity index (χ1) is 4.47. The summed E-state index contributed by atoms with van der Waals surface area (Å²) in [6, 6.07) is 7.92. The average Bonchev–Trinajstić information content (AvgIpc) is 2.33. The molecule has 1 aromatic heterocycles. The second kappa shape index (κ2) is 4.13. The van der Waals surface area contributed by atoms with Gasteiger partial charge < -0.3 is 0 Å². The molecule has 1 aromatic carbocycles. The smallest absolute Gasteiger partial charge is 0.105 e. The van der Waals surface area contributed by atoms with Gasteiger partial charge in [-0.1, -0.05) is 16.6 Å². The number of aromatic nitrogens is 2. The Hall–Kier alpha value is -0.830. The van der Waals surface area contributed by atoms with Gasteiger partial charge >= 0.3 is 0 Å². The summed E-state index contributed by atoms with van der Waals surface area (Å²) in [7, 11) is 0. The van der Waals surface area contributed by atoms with E-state index in [9.17, 15) is 0 Å². The van der Waals surface area contributed by atoms with Crippen LogP contribution in [0.25, 0.3) is 10.2 Å². The van der Waals surface area contributed by atoms with Gasteiger partial charge in [0.05, 0.1) is 4.70 Å².